The number of nitrogens with two attached hydrogens (primary N) is 2. The summed E-state index contributed by atoms with van der Waals surface area (Å²) in [5.41, 5.74) is -0.526. The van der Waals surface area contributed by atoms with Gasteiger partial charge in [-0.1, -0.05) is 41.5 Å². The Morgan fingerprint density at radius 2 is 1.28 bits per heavy atom. The summed E-state index contributed by atoms with van der Waals surface area (Å²) in [7, 11) is -7.55. The van der Waals surface area contributed by atoms with Crippen LogP contribution < -0.4 is 10.3 Å². The van der Waals surface area contributed by atoms with E-state index in [0.717, 1.165) is 35.1 Å². The zero-order chi connectivity index (χ0) is 43.7. The standard InChI is InChI=1S/C38H52F2N8O6S4/c1-19(2)31-23(13-28(49)47-57(41,53)30-17-45-35(56-30)38(9,10)52)34(44-15-25(31)39)22(6)12-11-21(5)32-24(33(20(3)4)43-16-26(32)40)14-29(50)48-58(42,54)36-46-27(18-55-36)37(7,8)51/h15-22,51-52H,11-14H2,1-10H3,(H2,41,47,49,53)(H2,42,48,50,54). The van der Waals surface area contributed by atoms with Crippen LogP contribution in [-0.4, -0.2) is 50.4 Å². The first-order valence-electron chi connectivity index (χ1n) is 18.5. The Hall–Kier alpha value is -3.50. The van der Waals surface area contributed by atoms with Crippen LogP contribution in [0.1, 0.15) is 150 Å². The van der Waals surface area contributed by atoms with Crippen LogP contribution in [-0.2, 0) is 53.5 Å². The zero-order valence-corrected chi connectivity index (χ0v) is 37.5. The van der Waals surface area contributed by atoms with Gasteiger partial charge in [-0.15, -0.1) is 31.4 Å². The van der Waals surface area contributed by atoms with Crippen LogP contribution in [0.5, 0.6) is 0 Å². The maximum Gasteiger partial charge on any atom is 0.259 e. The molecule has 0 saturated heterocycles. The molecule has 6 N–H and O–H groups in total. The molecule has 4 heterocycles. The topological polar surface area (TPSA) is 237 Å². The molecule has 0 aliphatic heterocycles. The normalized spacial score (nSPS) is 15.6. The van der Waals surface area contributed by atoms with Gasteiger partial charge < -0.3 is 10.2 Å². The SMILES string of the molecule is CC(C)c1ncc(F)c(C(C)CCC(C)c2ncc(F)c(C(C)C)c2CC(=O)N=S(N)(=O)c2cnc(C(C)(C)O)s2)c1CC(=O)N=S(N)(=O)c1nc(C(C)(C)O)cs1. The third-order valence-electron chi connectivity index (χ3n) is 9.32. The van der Waals surface area contributed by atoms with E-state index in [0.29, 0.717) is 29.8 Å². The molecule has 4 aromatic rings. The van der Waals surface area contributed by atoms with Gasteiger partial charge in [0.25, 0.3) is 11.8 Å². The molecule has 0 aliphatic carbocycles. The van der Waals surface area contributed by atoms with Gasteiger partial charge in [-0.25, -0.2) is 37.4 Å². The van der Waals surface area contributed by atoms with Crippen molar-refractivity contribution in [2.45, 2.75) is 138 Å². The predicted molar refractivity (Wildman–Crippen MR) is 221 cm³/mol. The molecule has 4 rings (SSSR count). The van der Waals surface area contributed by atoms with Gasteiger partial charge >= 0.3 is 0 Å². The monoisotopic (exact) mass is 882 g/mol. The molecule has 2 amide bonds. The van der Waals surface area contributed by atoms with E-state index in [4.69, 9.17) is 10.3 Å². The van der Waals surface area contributed by atoms with Crippen LogP contribution in [0.4, 0.5) is 8.78 Å². The predicted octanol–water partition coefficient (Wildman–Crippen LogP) is 7.00. The number of carbonyl (C=O) groups is 2. The quantitative estimate of drug-likeness (QED) is 0.0954. The molecule has 4 atom stereocenters. The second-order valence-corrected chi connectivity index (χ2v) is 21.9. The number of hydrogen-bond donors (Lipinski definition) is 4. The highest BCUT2D eigenvalue weighted by molar-refractivity contribution is 7.94. The first kappa shape index (κ1) is 47.2. The van der Waals surface area contributed by atoms with Crippen LogP contribution in [0.2, 0.25) is 0 Å². The molecule has 58 heavy (non-hydrogen) atoms. The smallest absolute Gasteiger partial charge is 0.259 e. The molecule has 4 unspecified atom stereocenters. The van der Waals surface area contributed by atoms with E-state index in [1.165, 1.54) is 39.3 Å². The largest absolute Gasteiger partial charge is 0.384 e. The van der Waals surface area contributed by atoms with E-state index in [9.17, 15) is 28.2 Å². The summed E-state index contributed by atoms with van der Waals surface area (Å²) in [5, 5.41) is 34.3. The van der Waals surface area contributed by atoms with Crippen LogP contribution in [0, 0.1) is 11.6 Å². The molecule has 0 aromatic carbocycles. The van der Waals surface area contributed by atoms with Gasteiger partial charge in [-0.2, -0.15) is 0 Å². The number of hydrogen-bond acceptors (Lipinski definition) is 12. The van der Waals surface area contributed by atoms with Crippen LogP contribution in [0.3, 0.4) is 0 Å². The first-order chi connectivity index (χ1) is 26.6. The molecular formula is C38H52F2N8O6S4. The molecule has 0 spiro atoms. The fourth-order valence-corrected chi connectivity index (χ4v) is 10.8. The molecule has 0 aliphatic rings. The Morgan fingerprint density at radius 3 is 1.78 bits per heavy atom. The lowest BCUT2D eigenvalue weighted by molar-refractivity contribution is -0.117. The van der Waals surface area contributed by atoms with Crippen molar-refractivity contribution in [1.29, 1.82) is 0 Å². The second kappa shape index (κ2) is 18.0. The minimum Gasteiger partial charge on any atom is -0.384 e. The minimum absolute atomic E-state index is 0.00220. The number of aliphatic hydroxyl groups is 2. The van der Waals surface area contributed by atoms with Crippen molar-refractivity contribution in [3.63, 3.8) is 0 Å². The average Bonchev–Trinajstić information content (AvgIpc) is 3.79. The zero-order valence-electron chi connectivity index (χ0n) is 34.2. The molecule has 0 saturated carbocycles. The van der Waals surface area contributed by atoms with E-state index in [1.807, 2.05) is 20.8 Å². The molecule has 318 valence electrons. The van der Waals surface area contributed by atoms with E-state index in [2.05, 4.69) is 28.7 Å². The van der Waals surface area contributed by atoms with Crippen molar-refractivity contribution in [1.82, 2.24) is 19.9 Å². The Morgan fingerprint density at radius 1 is 0.759 bits per heavy atom. The van der Waals surface area contributed by atoms with Crippen LogP contribution in [0.25, 0.3) is 0 Å². The van der Waals surface area contributed by atoms with Crippen LogP contribution in [0.15, 0.2) is 41.2 Å². The lowest BCUT2D eigenvalue weighted by Gasteiger charge is -2.23. The van der Waals surface area contributed by atoms with Crippen molar-refractivity contribution >= 4 is 54.3 Å². The fraction of sp³-hybridized carbons (Fsp3) is 0.526. The summed E-state index contributed by atoms with van der Waals surface area (Å²) in [5.74, 6) is -4.50. The third-order valence-corrected chi connectivity index (χ3v) is 15.3. The molecule has 14 nitrogen and oxygen atoms in total. The van der Waals surface area contributed by atoms with Gasteiger partial charge in [0.05, 0.1) is 37.1 Å². The van der Waals surface area contributed by atoms with Gasteiger partial charge in [0.15, 0.2) is 19.8 Å². The molecule has 20 heteroatoms. The van der Waals surface area contributed by atoms with E-state index < -0.39 is 79.2 Å². The summed E-state index contributed by atoms with van der Waals surface area (Å²) in [4.78, 5) is 43.7. The van der Waals surface area contributed by atoms with E-state index in [1.54, 1.807) is 20.8 Å². The lowest BCUT2D eigenvalue weighted by Crippen LogP contribution is -2.20. The highest BCUT2D eigenvalue weighted by atomic mass is 32.2. The van der Waals surface area contributed by atoms with Crippen molar-refractivity contribution in [3.8, 4) is 0 Å². The van der Waals surface area contributed by atoms with Gasteiger partial charge in [-0.05, 0) is 86.5 Å². The second-order valence-electron chi connectivity index (χ2n) is 16.0. The van der Waals surface area contributed by atoms with Gasteiger partial charge in [0.2, 0.25) is 4.34 Å². The number of halogens is 2. The maximum atomic E-state index is 15.8. The molecule has 0 fully saturated rings. The number of pyridine rings is 2. The van der Waals surface area contributed by atoms with Gasteiger partial charge in [0, 0.05) is 16.8 Å². The summed E-state index contributed by atoms with van der Waals surface area (Å²) in [6, 6.07) is 0. The first-order valence-corrected chi connectivity index (χ1v) is 23.4. The Kier molecular flexibility index (Phi) is 14.6. The number of carbonyl (C=O) groups excluding carboxylic acids is 2. The molecule has 0 radical (unpaired) electrons. The van der Waals surface area contributed by atoms with Crippen molar-refractivity contribution in [2.24, 2.45) is 19.0 Å². The van der Waals surface area contributed by atoms with E-state index in [-0.39, 0.29) is 47.8 Å². The average molecular weight is 883 g/mol. The number of thiazole rings is 2. The Bertz CT molecular complexity index is 2440. The van der Waals surface area contributed by atoms with Crippen LogP contribution >= 0.6 is 22.7 Å². The highest BCUT2D eigenvalue weighted by Crippen LogP contribution is 2.37. The fourth-order valence-electron chi connectivity index (χ4n) is 6.45. The summed E-state index contributed by atoms with van der Waals surface area (Å²) >= 11 is 1.77. The number of rotatable bonds is 15. The third kappa shape index (κ3) is 11.2. The van der Waals surface area contributed by atoms with Crippen molar-refractivity contribution in [3.05, 3.63) is 79.9 Å². The molecular weight excluding hydrogens is 831 g/mol. The van der Waals surface area contributed by atoms with Crippen molar-refractivity contribution < 1.29 is 37.0 Å². The maximum absolute atomic E-state index is 15.8. The summed E-state index contributed by atoms with van der Waals surface area (Å²) in [6.45, 7) is 16.9. The lowest BCUT2D eigenvalue weighted by atomic mass is 9.84. The molecule has 0 bridgehead atoms. The number of aromatic nitrogens is 4. The number of amides is 2. The summed E-state index contributed by atoms with van der Waals surface area (Å²) in [6.07, 6.45) is 3.24. The molecule has 4 aromatic heterocycles. The Labute approximate surface area is 347 Å². The Balaban J connectivity index is 1.64. The highest BCUT2D eigenvalue weighted by Gasteiger charge is 2.29. The van der Waals surface area contributed by atoms with Gasteiger partial charge in [-0.3, -0.25) is 19.6 Å². The van der Waals surface area contributed by atoms with E-state index >= 15 is 8.78 Å². The number of nitrogens with zero attached hydrogens (tertiary/aromatic N) is 6. The minimum atomic E-state index is -3.79. The van der Waals surface area contributed by atoms with Gasteiger partial charge in [0.1, 0.15) is 32.1 Å². The summed E-state index contributed by atoms with van der Waals surface area (Å²) < 4.78 is 65.4. The van der Waals surface area contributed by atoms with Crippen molar-refractivity contribution in [2.75, 3.05) is 0 Å².